The maximum absolute atomic E-state index is 12.5. The highest BCUT2D eigenvalue weighted by Gasteiger charge is 2.34. The molecule has 1 atom stereocenters. The molecule has 0 aliphatic carbocycles. The van der Waals surface area contributed by atoms with E-state index in [4.69, 9.17) is 9.84 Å². The van der Waals surface area contributed by atoms with Crippen molar-refractivity contribution >= 4 is 23.9 Å². The maximum Gasteiger partial charge on any atom is 0.153 e. The molecule has 192 valence electrons. The summed E-state index contributed by atoms with van der Waals surface area (Å²) < 4.78 is 8.51. The van der Waals surface area contributed by atoms with Crippen molar-refractivity contribution in [3.63, 3.8) is 0 Å². The Bertz CT molecular complexity index is 1250. The highest BCUT2D eigenvalue weighted by Crippen LogP contribution is 2.53. The van der Waals surface area contributed by atoms with E-state index in [0.717, 1.165) is 69.2 Å². The molecule has 1 aromatic heterocycles. The first-order valence-electron chi connectivity index (χ1n) is 11.9. The molecule has 7 heteroatoms. The van der Waals surface area contributed by atoms with Crippen molar-refractivity contribution in [3.05, 3.63) is 64.5 Å². The van der Waals surface area contributed by atoms with Crippen LogP contribution in [0.25, 0.3) is 22.3 Å². The Balaban J connectivity index is 0.00000176. The van der Waals surface area contributed by atoms with Gasteiger partial charge in [-0.2, -0.15) is 0 Å². The lowest BCUT2D eigenvalue weighted by atomic mass is 9.80. The minimum Gasteiger partial charge on any atom is -0.506 e. The van der Waals surface area contributed by atoms with Gasteiger partial charge < -0.3 is 24.0 Å². The first-order valence-corrected chi connectivity index (χ1v) is 13.0. The maximum atomic E-state index is 12.5. The molecular formula is C29H36N2O4S. The number of aromatic nitrogens is 1. The Hall–Kier alpha value is -2.87. The molecule has 0 fully saturated rings. The third-order valence-electron chi connectivity index (χ3n) is 6.28. The second-order valence-electron chi connectivity index (χ2n) is 9.83. The van der Waals surface area contributed by atoms with Crippen LogP contribution in [0.4, 0.5) is 5.69 Å². The van der Waals surface area contributed by atoms with Gasteiger partial charge in [0.05, 0.1) is 24.0 Å². The summed E-state index contributed by atoms with van der Waals surface area (Å²) in [6.07, 6.45) is 5.54. The van der Waals surface area contributed by atoms with E-state index < -0.39 is 11.7 Å². The molecule has 3 aromatic rings. The number of aldehydes is 1. The lowest BCUT2D eigenvalue weighted by Crippen LogP contribution is -2.26. The van der Waals surface area contributed by atoms with Gasteiger partial charge in [-0.3, -0.25) is 4.98 Å². The van der Waals surface area contributed by atoms with Gasteiger partial charge in [-0.25, -0.2) is 0 Å². The van der Waals surface area contributed by atoms with E-state index in [2.05, 4.69) is 54.3 Å². The van der Waals surface area contributed by atoms with E-state index in [1.54, 1.807) is 11.9 Å². The number of carbonyl (C=O) groups excluding carboxylic acids is 1. The van der Waals surface area contributed by atoms with Gasteiger partial charge in [-0.1, -0.05) is 41.8 Å². The second kappa shape index (κ2) is 11.0. The molecule has 0 saturated carbocycles. The quantitative estimate of drug-likeness (QED) is 0.309. The molecule has 1 aliphatic rings. The SMILES string of the molecule is CO.CSN1Cc2cncc(O)c2-c2c(C)c(-c3ccc(C)cc3)c([C@@H](C=O)OC(C)(C)C)c(C)c21. The van der Waals surface area contributed by atoms with Crippen LogP contribution >= 0.6 is 11.9 Å². The normalized spacial score (nSPS) is 13.3. The predicted molar refractivity (Wildman–Crippen MR) is 148 cm³/mol. The average molecular weight is 509 g/mol. The summed E-state index contributed by atoms with van der Waals surface area (Å²) in [5, 5.41) is 17.9. The third-order valence-corrected chi connectivity index (χ3v) is 7.03. The van der Waals surface area contributed by atoms with Crippen LogP contribution in [0, 0.1) is 20.8 Å². The molecular weight excluding hydrogens is 472 g/mol. The first-order chi connectivity index (χ1) is 17.1. The Kier molecular flexibility index (Phi) is 8.49. The molecule has 0 amide bonds. The van der Waals surface area contributed by atoms with Gasteiger partial charge in [0.25, 0.3) is 0 Å². The van der Waals surface area contributed by atoms with Crippen LogP contribution in [0.1, 0.15) is 54.7 Å². The van der Waals surface area contributed by atoms with E-state index in [1.807, 2.05) is 33.2 Å². The van der Waals surface area contributed by atoms with Gasteiger partial charge in [0.1, 0.15) is 11.9 Å². The molecule has 1 aliphatic heterocycles. The minimum absolute atomic E-state index is 0.169. The molecule has 0 spiro atoms. The van der Waals surface area contributed by atoms with Crippen LogP contribution in [-0.4, -0.2) is 40.4 Å². The molecule has 0 bridgehead atoms. The lowest BCUT2D eigenvalue weighted by Gasteiger charge is -2.37. The van der Waals surface area contributed by atoms with Crippen molar-refractivity contribution in [1.29, 1.82) is 0 Å². The van der Waals surface area contributed by atoms with Crippen LogP contribution < -0.4 is 4.31 Å². The van der Waals surface area contributed by atoms with Gasteiger partial charge >= 0.3 is 0 Å². The van der Waals surface area contributed by atoms with Crippen molar-refractivity contribution in [2.75, 3.05) is 17.7 Å². The van der Waals surface area contributed by atoms with Crippen LogP contribution in [-0.2, 0) is 16.1 Å². The van der Waals surface area contributed by atoms with Gasteiger partial charge in [-0.05, 0) is 63.8 Å². The van der Waals surface area contributed by atoms with Crippen LogP contribution in [0.5, 0.6) is 5.75 Å². The summed E-state index contributed by atoms with van der Waals surface area (Å²) in [5.41, 5.74) is 9.30. The summed E-state index contributed by atoms with van der Waals surface area (Å²) in [5.74, 6) is 0.169. The van der Waals surface area contributed by atoms with Crippen molar-refractivity contribution in [2.24, 2.45) is 0 Å². The van der Waals surface area contributed by atoms with E-state index in [0.29, 0.717) is 6.54 Å². The number of aliphatic hydroxyl groups excluding tert-OH is 1. The van der Waals surface area contributed by atoms with Crippen molar-refractivity contribution in [2.45, 2.75) is 59.8 Å². The van der Waals surface area contributed by atoms with Crippen LogP contribution in [0.15, 0.2) is 36.7 Å². The standard InChI is InChI=1S/C28H32N2O3S.CH4O/c1-16-8-10-19(11-9-16)23-17(2)25-26-20(12-29-13-21(26)32)14-30(34-7)27(25)18(3)24(23)22(15-31)33-28(4,5)6;1-2/h8-13,15,22,32H,14H2,1-7H3;2H,1H3/t22-;/m1./s1. The van der Waals surface area contributed by atoms with Crippen molar-refractivity contribution in [3.8, 4) is 28.0 Å². The number of ether oxygens (including phenoxy) is 1. The number of benzene rings is 2. The molecule has 2 N–H and O–H groups in total. The summed E-state index contributed by atoms with van der Waals surface area (Å²) in [6.45, 7) is 12.7. The second-order valence-corrected chi connectivity index (χ2v) is 10.6. The molecule has 0 saturated heterocycles. The minimum atomic E-state index is -0.726. The fraction of sp³-hybridized carbons (Fsp3) is 0.379. The summed E-state index contributed by atoms with van der Waals surface area (Å²) in [7, 11) is 1.00. The number of hydrogen-bond donors (Lipinski definition) is 2. The highest BCUT2D eigenvalue weighted by atomic mass is 32.2. The van der Waals surface area contributed by atoms with Crippen LogP contribution in [0.2, 0.25) is 0 Å². The number of nitrogens with zero attached hydrogens (tertiary/aromatic N) is 2. The smallest absolute Gasteiger partial charge is 0.153 e. The van der Waals surface area contributed by atoms with E-state index >= 15 is 0 Å². The predicted octanol–water partition coefficient (Wildman–Crippen LogP) is 6.31. The first kappa shape index (κ1) is 27.7. The number of hydrogen-bond acceptors (Lipinski definition) is 7. The van der Waals surface area contributed by atoms with Gasteiger partial charge in [0.15, 0.2) is 6.29 Å². The van der Waals surface area contributed by atoms with Crippen molar-refractivity contribution in [1.82, 2.24) is 4.98 Å². The number of aryl methyl sites for hydroxylation is 1. The Morgan fingerprint density at radius 2 is 1.67 bits per heavy atom. The molecule has 36 heavy (non-hydrogen) atoms. The van der Waals surface area contributed by atoms with Crippen LogP contribution in [0.3, 0.4) is 0 Å². The van der Waals surface area contributed by atoms with Gasteiger partial charge in [0.2, 0.25) is 0 Å². The Morgan fingerprint density at radius 3 is 2.22 bits per heavy atom. The number of anilines is 1. The number of aliphatic hydroxyl groups is 1. The number of carbonyl (C=O) groups is 1. The lowest BCUT2D eigenvalue weighted by molar-refractivity contribution is -0.128. The summed E-state index contributed by atoms with van der Waals surface area (Å²) in [4.78, 5) is 16.7. The zero-order chi connectivity index (χ0) is 26.8. The van der Waals surface area contributed by atoms with Gasteiger partial charge in [-0.15, -0.1) is 0 Å². The Labute approximate surface area is 218 Å². The Morgan fingerprint density at radius 1 is 1.03 bits per heavy atom. The summed E-state index contributed by atoms with van der Waals surface area (Å²) in [6, 6.07) is 8.34. The monoisotopic (exact) mass is 508 g/mol. The summed E-state index contributed by atoms with van der Waals surface area (Å²) >= 11 is 1.62. The number of aromatic hydroxyl groups is 1. The topological polar surface area (TPSA) is 82.9 Å². The number of rotatable bonds is 5. The van der Waals surface area contributed by atoms with E-state index in [-0.39, 0.29) is 5.75 Å². The average Bonchev–Trinajstić information content (AvgIpc) is 2.85. The fourth-order valence-corrected chi connectivity index (χ4v) is 5.58. The molecule has 0 unspecified atom stereocenters. The third kappa shape index (κ3) is 5.14. The molecule has 6 nitrogen and oxygen atoms in total. The molecule has 2 heterocycles. The van der Waals surface area contributed by atoms with Crippen molar-refractivity contribution < 1.29 is 19.7 Å². The molecule has 4 rings (SSSR count). The van der Waals surface area contributed by atoms with E-state index in [1.165, 1.54) is 6.20 Å². The van der Waals surface area contributed by atoms with E-state index in [9.17, 15) is 9.90 Å². The zero-order valence-corrected chi connectivity index (χ0v) is 23.2. The highest BCUT2D eigenvalue weighted by molar-refractivity contribution is 7.99. The fourth-order valence-electron chi connectivity index (χ4n) is 4.90. The van der Waals surface area contributed by atoms with Gasteiger partial charge in [0, 0.05) is 41.8 Å². The molecule has 0 radical (unpaired) electrons. The largest absolute Gasteiger partial charge is 0.506 e. The number of fused-ring (bicyclic) bond motifs is 3. The molecule has 2 aromatic carbocycles. The number of pyridine rings is 1. The zero-order valence-electron chi connectivity index (χ0n) is 22.3.